The summed E-state index contributed by atoms with van der Waals surface area (Å²) in [5.41, 5.74) is 0.557. The molecular formula is C19H28N4O2. The number of imide groups is 1. The molecule has 6 heteroatoms. The van der Waals surface area contributed by atoms with Crippen LogP contribution in [0.5, 0.6) is 0 Å². The zero-order valence-electron chi connectivity index (χ0n) is 15.4. The lowest BCUT2D eigenvalue weighted by Gasteiger charge is -2.42. The number of likely N-dealkylation sites (tertiary alicyclic amines) is 1. The number of rotatable bonds is 5. The van der Waals surface area contributed by atoms with Gasteiger partial charge in [0.05, 0.1) is 0 Å². The molecule has 0 radical (unpaired) electrons. The molecule has 1 aromatic heterocycles. The number of hydrogen-bond acceptors (Lipinski definition) is 4. The molecule has 6 nitrogen and oxygen atoms in total. The lowest BCUT2D eigenvalue weighted by atomic mass is 9.85. The molecule has 0 saturated carbocycles. The number of hydrogen-bond donors (Lipinski definition) is 0. The molecule has 3 heterocycles. The van der Waals surface area contributed by atoms with Gasteiger partial charge in [-0.25, -0.2) is 4.79 Å². The summed E-state index contributed by atoms with van der Waals surface area (Å²) in [7, 11) is 1.79. The van der Waals surface area contributed by atoms with E-state index in [1.165, 1.54) is 10.5 Å². The maximum atomic E-state index is 13.1. The summed E-state index contributed by atoms with van der Waals surface area (Å²) in [5.74, 6) is -0.00173. The van der Waals surface area contributed by atoms with Gasteiger partial charge in [0.15, 0.2) is 0 Å². The van der Waals surface area contributed by atoms with Crippen LogP contribution in [0.2, 0.25) is 0 Å². The average molecular weight is 344 g/mol. The standard InChI is InChI=1S/C19H28N4O2/c1-15(2)22-13-8-19(9-14-22)17(24)23(18(25)21(19)3)12-4-5-16-6-10-20-11-7-16/h6-7,10-11,15H,4-5,8-9,12-14H2,1-3H3. The Balaban J connectivity index is 1.63. The van der Waals surface area contributed by atoms with Crippen molar-refractivity contribution in [3.05, 3.63) is 30.1 Å². The maximum Gasteiger partial charge on any atom is 0.327 e. The van der Waals surface area contributed by atoms with Gasteiger partial charge in [-0.3, -0.25) is 14.7 Å². The van der Waals surface area contributed by atoms with E-state index >= 15 is 0 Å². The highest BCUT2D eigenvalue weighted by molar-refractivity contribution is 6.07. The minimum Gasteiger partial charge on any atom is -0.312 e. The summed E-state index contributed by atoms with van der Waals surface area (Å²) in [6, 6.07) is 4.29. The second-order valence-electron chi connectivity index (χ2n) is 7.42. The van der Waals surface area contributed by atoms with Gasteiger partial charge in [0.2, 0.25) is 0 Å². The quantitative estimate of drug-likeness (QED) is 0.768. The van der Waals surface area contributed by atoms with Crippen LogP contribution in [0.3, 0.4) is 0 Å². The Labute approximate surface area is 149 Å². The van der Waals surface area contributed by atoms with E-state index in [0.29, 0.717) is 12.6 Å². The SMILES string of the molecule is CC(C)N1CCC2(CC1)C(=O)N(CCCc1ccncc1)C(=O)N2C. The second kappa shape index (κ2) is 7.12. The molecule has 1 aromatic rings. The number of amides is 3. The number of aryl methyl sites for hydroxylation is 1. The highest BCUT2D eigenvalue weighted by Crippen LogP contribution is 2.36. The number of carbonyl (C=O) groups is 2. The highest BCUT2D eigenvalue weighted by atomic mass is 16.2. The van der Waals surface area contributed by atoms with Crippen molar-refractivity contribution in [3.8, 4) is 0 Å². The van der Waals surface area contributed by atoms with Crippen molar-refractivity contribution in [2.24, 2.45) is 0 Å². The Kier molecular flexibility index (Phi) is 5.08. The average Bonchev–Trinajstić information content (AvgIpc) is 2.79. The van der Waals surface area contributed by atoms with Crippen molar-refractivity contribution in [3.63, 3.8) is 0 Å². The van der Waals surface area contributed by atoms with E-state index in [2.05, 4.69) is 23.7 Å². The molecule has 2 saturated heterocycles. The summed E-state index contributed by atoms with van der Waals surface area (Å²) >= 11 is 0. The summed E-state index contributed by atoms with van der Waals surface area (Å²) in [5, 5.41) is 0. The first-order valence-electron chi connectivity index (χ1n) is 9.18. The van der Waals surface area contributed by atoms with E-state index in [9.17, 15) is 9.59 Å². The van der Waals surface area contributed by atoms with Gasteiger partial charge in [0.1, 0.15) is 5.54 Å². The Hall–Kier alpha value is -1.95. The Morgan fingerprint density at radius 3 is 2.40 bits per heavy atom. The zero-order valence-corrected chi connectivity index (χ0v) is 15.4. The van der Waals surface area contributed by atoms with Crippen molar-refractivity contribution >= 4 is 11.9 Å². The molecule has 0 aromatic carbocycles. The molecule has 0 N–H and O–H groups in total. The number of urea groups is 1. The minimum absolute atomic E-state index is 0.00173. The molecule has 3 amide bonds. The van der Waals surface area contributed by atoms with E-state index in [1.807, 2.05) is 12.1 Å². The van der Waals surface area contributed by atoms with Crippen LogP contribution in [-0.2, 0) is 11.2 Å². The third-order valence-corrected chi connectivity index (χ3v) is 5.76. The Bertz CT molecular complexity index is 624. The van der Waals surface area contributed by atoms with Crippen LogP contribution in [0.25, 0.3) is 0 Å². The van der Waals surface area contributed by atoms with Gasteiger partial charge < -0.3 is 9.80 Å². The fourth-order valence-electron chi connectivity index (χ4n) is 3.99. The summed E-state index contributed by atoms with van der Waals surface area (Å²) in [6.07, 6.45) is 6.63. The van der Waals surface area contributed by atoms with Gasteiger partial charge in [-0.1, -0.05) is 0 Å². The van der Waals surface area contributed by atoms with E-state index in [1.54, 1.807) is 24.3 Å². The molecule has 2 fully saturated rings. The third-order valence-electron chi connectivity index (χ3n) is 5.76. The lowest BCUT2D eigenvalue weighted by molar-refractivity contribution is -0.135. The first-order valence-corrected chi connectivity index (χ1v) is 9.18. The fraction of sp³-hybridized carbons (Fsp3) is 0.632. The molecule has 0 aliphatic carbocycles. The number of carbonyl (C=O) groups excluding carboxylic acids is 2. The minimum atomic E-state index is -0.626. The number of likely N-dealkylation sites (N-methyl/N-ethyl adjacent to an activating group) is 1. The highest BCUT2D eigenvalue weighted by Gasteiger charge is 2.56. The van der Waals surface area contributed by atoms with Crippen LogP contribution in [0.15, 0.2) is 24.5 Å². The number of pyridine rings is 1. The predicted molar refractivity (Wildman–Crippen MR) is 96.1 cm³/mol. The smallest absolute Gasteiger partial charge is 0.312 e. The van der Waals surface area contributed by atoms with Gasteiger partial charge >= 0.3 is 6.03 Å². The molecule has 2 aliphatic rings. The largest absolute Gasteiger partial charge is 0.327 e. The lowest BCUT2D eigenvalue weighted by Crippen LogP contribution is -2.56. The van der Waals surface area contributed by atoms with Crippen LogP contribution in [-0.4, -0.2) is 69.9 Å². The van der Waals surface area contributed by atoms with Crippen molar-refractivity contribution in [2.75, 3.05) is 26.7 Å². The van der Waals surface area contributed by atoms with Gasteiger partial charge in [0.25, 0.3) is 5.91 Å². The van der Waals surface area contributed by atoms with E-state index in [4.69, 9.17) is 0 Å². The second-order valence-corrected chi connectivity index (χ2v) is 7.42. The van der Waals surface area contributed by atoms with Crippen molar-refractivity contribution in [1.82, 2.24) is 19.7 Å². The van der Waals surface area contributed by atoms with E-state index in [0.717, 1.165) is 38.8 Å². The molecule has 1 spiro atoms. The zero-order chi connectivity index (χ0) is 18.0. The Morgan fingerprint density at radius 2 is 1.80 bits per heavy atom. The fourth-order valence-corrected chi connectivity index (χ4v) is 3.99. The third kappa shape index (κ3) is 3.27. The topological polar surface area (TPSA) is 56.8 Å². The normalized spacial score (nSPS) is 21.0. The molecule has 0 bridgehead atoms. The summed E-state index contributed by atoms with van der Waals surface area (Å²) in [6.45, 7) is 6.57. The molecule has 0 unspecified atom stereocenters. The monoisotopic (exact) mass is 344 g/mol. The van der Waals surface area contributed by atoms with Crippen molar-refractivity contribution < 1.29 is 9.59 Å². The van der Waals surface area contributed by atoms with Crippen molar-refractivity contribution in [1.29, 1.82) is 0 Å². The molecule has 3 rings (SSSR count). The van der Waals surface area contributed by atoms with Gasteiger partial charge in [0, 0.05) is 45.1 Å². The predicted octanol–water partition coefficient (Wildman–Crippen LogP) is 2.15. The van der Waals surface area contributed by atoms with Gasteiger partial charge in [-0.15, -0.1) is 0 Å². The molecule has 25 heavy (non-hydrogen) atoms. The molecule has 136 valence electrons. The first-order chi connectivity index (χ1) is 12.0. The van der Waals surface area contributed by atoms with Crippen LogP contribution in [0.1, 0.15) is 38.7 Å². The summed E-state index contributed by atoms with van der Waals surface area (Å²) in [4.78, 5) is 35.3. The number of piperidine rings is 1. The Morgan fingerprint density at radius 1 is 1.16 bits per heavy atom. The van der Waals surface area contributed by atoms with Crippen LogP contribution in [0.4, 0.5) is 4.79 Å². The van der Waals surface area contributed by atoms with Gasteiger partial charge in [-0.05, 0) is 57.2 Å². The number of aromatic nitrogens is 1. The van der Waals surface area contributed by atoms with Crippen LogP contribution < -0.4 is 0 Å². The first kappa shape index (κ1) is 17.9. The van der Waals surface area contributed by atoms with E-state index < -0.39 is 5.54 Å². The molecule has 2 aliphatic heterocycles. The van der Waals surface area contributed by atoms with Crippen molar-refractivity contribution in [2.45, 2.75) is 51.1 Å². The number of nitrogens with zero attached hydrogens (tertiary/aromatic N) is 4. The van der Waals surface area contributed by atoms with Gasteiger partial charge in [-0.2, -0.15) is 0 Å². The van der Waals surface area contributed by atoms with Crippen LogP contribution >= 0.6 is 0 Å². The summed E-state index contributed by atoms with van der Waals surface area (Å²) < 4.78 is 0. The van der Waals surface area contributed by atoms with E-state index in [-0.39, 0.29) is 11.9 Å². The molecular weight excluding hydrogens is 316 g/mol. The maximum absolute atomic E-state index is 13.1. The van der Waals surface area contributed by atoms with Crippen LogP contribution in [0, 0.1) is 0 Å². The molecule has 0 atom stereocenters.